The molecule has 5 heteroatoms. The van der Waals surface area contributed by atoms with E-state index in [1.807, 2.05) is 0 Å². The third kappa shape index (κ3) is 23.4. The molecule has 0 N–H and O–H groups in total. The topological polar surface area (TPSA) is 35.5 Å². The molecular weight excluding hydrogens is 439 g/mol. The third-order valence-electron chi connectivity index (χ3n) is 3.89. The molecular formula is C18H38NdO3P+. The van der Waals surface area contributed by atoms with Gasteiger partial charge < -0.3 is 0 Å². The van der Waals surface area contributed by atoms with E-state index < -0.39 is 8.25 Å². The summed E-state index contributed by atoms with van der Waals surface area (Å²) in [5.74, 6) is 0. The summed E-state index contributed by atoms with van der Waals surface area (Å²) in [6.45, 7) is 5.60. The van der Waals surface area contributed by atoms with Crippen LogP contribution in [0.2, 0.25) is 0 Å². The second-order valence-corrected chi connectivity index (χ2v) is 7.10. The molecule has 0 aromatic heterocycles. The first kappa shape index (κ1) is 26.6. The Kier molecular flexibility index (Phi) is 27.0. The summed E-state index contributed by atoms with van der Waals surface area (Å²) in [7, 11) is -1.89. The zero-order valence-electron chi connectivity index (χ0n) is 15.5. The minimum absolute atomic E-state index is 0. The molecule has 0 spiro atoms. The van der Waals surface area contributed by atoms with Crippen molar-refractivity contribution in [3.63, 3.8) is 0 Å². The summed E-state index contributed by atoms with van der Waals surface area (Å²) >= 11 is 0. The standard InChI is InChI=1S/C18H38O3P.Nd/c1-3-5-7-9-11-13-15-17-20-22(19)21-18-16-14-12-10-8-6-4-2;/h3-18H2,1-2H3;/q+1;. The second kappa shape index (κ2) is 23.4. The SMILES string of the molecule is CCCCCCCCCO[P+](=O)OCCCCCCCCC.[Nd]. The van der Waals surface area contributed by atoms with Gasteiger partial charge in [-0.25, -0.2) is 0 Å². The first-order chi connectivity index (χ1) is 10.8. The molecule has 0 radical (unpaired) electrons. The molecule has 136 valence electrons. The quantitative estimate of drug-likeness (QED) is 0.155. The number of unbranched alkanes of at least 4 members (excludes halogenated alkanes) is 12. The second-order valence-electron chi connectivity index (χ2n) is 6.13. The van der Waals surface area contributed by atoms with Crippen LogP contribution in [0.25, 0.3) is 0 Å². The van der Waals surface area contributed by atoms with E-state index in [0.29, 0.717) is 13.2 Å². The molecule has 0 aliphatic rings. The fourth-order valence-corrected chi connectivity index (χ4v) is 3.06. The van der Waals surface area contributed by atoms with Gasteiger partial charge in [0.1, 0.15) is 13.2 Å². The van der Waals surface area contributed by atoms with Gasteiger partial charge in [0.15, 0.2) is 0 Å². The normalized spacial score (nSPS) is 10.5. The minimum atomic E-state index is -1.89. The first-order valence-corrected chi connectivity index (χ1v) is 10.6. The number of rotatable bonds is 18. The van der Waals surface area contributed by atoms with Gasteiger partial charge in [0.05, 0.1) is 0 Å². The molecule has 0 rings (SSSR count). The Hall–Kier alpha value is 1.37. The van der Waals surface area contributed by atoms with Crippen LogP contribution in [0.1, 0.15) is 104 Å². The van der Waals surface area contributed by atoms with E-state index in [-0.39, 0.29) is 40.8 Å². The molecule has 0 bridgehead atoms. The van der Waals surface area contributed by atoms with Gasteiger partial charge in [-0.1, -0.05) is 90.9 Å². The van der Waals surface area contributed by atoms with Gasteiger partial charge in [0.25, 0.3) is 0 Å². The summed E-state index contributed by atoms with van der Waals surface area (Å²) in [6.07, 6.45) is 17.4. The van der Waals surface area contributed by atoms with Crippen LogP contribution in [0.4, 0.5) is 0 Å². The zero-order chi connectivity index (χ0) is 16.3. The molecule has 0 atom stereocenters. The molecule has 0 aromatic carbocycles. The van der Waals surface area contributed by atoms with Crippen molar-refractivity contribution in [2.75, 3.05) is 13.2 Å². The van der Waals surface area contributed by atoms with Crippen LogP contribution in [0, 0.1) is 40.8 Å². The maximum absolute atomic E-state index is 11.5. The van der Waals surface area contributed by atoms with E-state index in [9.17, 15) is 4.57 Å². The predicted molar refractivity (Wildman–Crippen MR) is 95.5 cm³/mol. The van der Waals surface area contributed by atoms with Crippen LogP contribution in [0.5, 0.6) is 0 Å². The van der Waals surface area contributed by atoms with Gasteiger partial charge in [0.2, 0.25) is 0 Å². The van der Waals surface area contributed by atoms with Gasteiger partial charge in [-0.3, -0.25) is 0 Å². The van der Waals surface area contributed by atoms with Gasteiger partial charge in [-0.05, 0) is 12.8 Å². The van der Waals surface area contributed by atoms with Crippen molar-refractivity contribution in [2.45, 2.75) is 104 Å². The smallest absolute Gasteiger partial charge is 0.119 e. The third-order valence-corrected chi connectivity index (χ3v) is 4.68. The minimum Gasteiger partial charge on any atom is -0.119 e. The summed E-state index contributed by atoms with van der Waals surface area (Å²) in [6, 6.07) is 0. The zero-order valence-corrected chi connectivity index (χ0v) is 19.6. The monoisotopic (exact) mass is 475 g/mol. The van der Waals surface area contributed by atoms with Crippen LogP contribution in [-0.4, -0.2) is 13.2 Å². The first-order valence-electron chi connectivity index (χ1n) is 9.54. The van der Waals surface area contributed by atoms with E-state index in [2.05, 4.69) is 13.8 Å². The fraction of sp³-hybridized carbons (Fsp3) is 1.00. The molecule has 0 fully saturated rings. The molecule has 0 saturated carbocycles. The van der Waals surface area contributed by atoms with E-state index in [1.54, 1.807) is 0 Å². The predicted octanol–water partition coefficient (Wildman–Crippen LogP) is 7.18. The van der Waals surface area contributed by atoms with Crippen LogP contribution in [0.15, 0.2) is 0 Å². The summed E-state index contributed by atoms with van der Waals surface area (Å²) in [5, 5.41) is 0. The van der Waals surface area contributed by atoms with E-state index in [0.717, 1.165) is 12.8 Å². The van der Waals surface area contributed by atoms with E-state index >= 15 is 0 Å². The maximum Gasteiger partial charge on any atom is 0.697 e. The average Bonchev–Trinajstić information content (AvgIpc) is 2.52. The van der Waals surface area contributed by atoms with Gasteiger partial charge >= 0.3 is 8.25 Å². The van der Waals surface area contributed by atoms with Crippen molar-refractivity contribution >= 4 is 8.25 Å². The molecule has 0 saturated heterocycles. The summed E-state index contributed by atoms with van der Waals surface area (Å²) < 4.78 is 21.9. The Labute approximate surface area is 178 Å². The largest absolute Gasteiger partial charge is 0.697 e. The number of hydrogen-bond donors (Lipinski definition) is 0. The summed E-state index contributed by atoms with van der Waals surface area (Å²) in [5.41, 5.74) is 0. The van der Waals surface area contributed by atoms with Crippen LogP contribution < -0.4 is 0 Å². The summed E-state index contributed by atoms with van der Waals surface area (Å²) in [4.78, 5) is 0. The van der Waals surface area contributed by atoms with Crippen molar-refractivity contribution in [1.29, 1.82) is 0 Å². The Bertz CT molecular complexity index is 218. The molecule has 0 amide bonds. The molecule has 0 aliphatic heterocycles. The number of hydrogen-bond acceptors (Lipinski definition) is 3. The van der Waals surface area contributed by atoms with Crippen LogP contribution >= 0.6 is 8.25 Å². The van der Waals surface area contributed by atoms with Crippen molar-refractivity contribution in [3.8, 4) is 0 Å². The van der Waals surface area contributed by atoms with Crippen molar-refractivity contribution in [1.82, 2.24) is 0 Å². The van der Waals surface area contributed by atoms with Gasteiger partial charge in [-0.15, -0.1) is 9.05 Å². The molecule has 0 aliphatic carbocycles. The van der Waals surface area contributed by atoms with Crippen molar-refractivity contribution in [2.24, 2.45) is 0 Å². The van der Waals surface area contributed by atoms with E-state index in [1.165, 1.54) is 77.0 Å². The molecule has 0 unspecified atom stereocenters. The molecule has 23 heavy (non-hydrogen) atoms. The Morgan fingerprint density at radius 1 is 0.565 bits per heavy atom. The van der Waals surface area contributed by atoms with Crippen molar-refractivity contribution < 1.29 is 54.5 Å². The average molecular weight is 478 g/mol. The van der Waals surface area contributed by atoms with Crippen molar-refractivity contribution in [3.05, 3.63) is 0 Å². The molecule has 3 nitrogen and oxygen atoms in total. The van der Waals surface area contributed by atoms with Crippen LogP contribution in [-0.2, 0) is 13.6 Å². The molecule has 0 aromatic rings. The Balaban J connectivity index is 0. The van der Waals surface area contributed by atoms with E-state index in [4.69, 9.17) is 9.05 Å². The molecule has 0 heterocycles. The van der Waals surface area contributed by atoms with Gasteiger partial charge in [0, 0.05) is 45.4 Å². The Morgan fingerprint density at radius 3 is 1.22 bits per heavy atom. The fourth-order valence-electron chi connectivity index (χ4n) is 2.43. The maximum atomic E-state index is 11.5. The van der Waals surface area contributed by atoms with Crippen LogP contribution in [0.3, 0.4) is 0 Å². The Morgan fingerprint density at radius 2 is 0.870 bits per heavy atom. The van der Waals surface area contributed by atoms with Gasteiger partial charge in [-0.2, -0.15) is 0 Å².